The van der Waals surface area contributed by atoms with Crippen molar-refractivity contribution in [3.63, 3.8) is 0 Å². The quantitative estimate of drug-likeness (QED) is 0.666. The molecule has 7 heteroatoms. The molecule has 3 rings (SSSR count). The number of benzene rings is 2. The summed E-state index contributed by atoms with van der Waals surface area (Å²) in [5.41, 5.74) is 2.02. The van der Waals surface area contributed by atoms with Crippen LogP contribution in [0.25, 0.3) is 0 Å². The largest absolute Gasteiger partial charge is 0.354 e. The molecule has 0 bridgehead atoms. The first-order valence-corrected chi connectivity index (χ1v) is 11.5. The highest BCUT2D eigenvalue weighted by molar-refractivity contribution is 6.30. The summed E-state index contributed by atoms with van der Waals surface area (Å²) >= 11 is 5.92. The first-order valence-electron chi connectivity index (χ1n) is 11.1. The summed E-state index contributed by atoms with van der Waals surface area (Å²) in [5.74, 6) is -0.513. The van der Waals surface area contributed by atoms with Crippen molar-refractivity contribution >= 4 is 29.3 Å². The molecule has 1 aliphatic rings. The van der Waals surface area contributed by atoms with Crippen molar-refractivity contribution < 1.29 is 14.4 Å². The van der Waals surface area contributed by atoms with E-state index in [-0.39, 0.29) is 23.6 Å². The fraction of sp³-hybridized carbons (Fsp3) is 0.400. The molecule has 6 nitrogen and oxygen atoms in total. The van der Waals surface area contributed by atoms with Gasteiger partial charge in [0.2, 0.25) is 5.91 Å². The Hall–Kier alpha value is -2.86. The monoisotopic (exact) mass is 455 g/mol. The van der Waals surface area contributed by atoms with Gasteiger partial charge in [-0.15, -0.1) is 0 Å². The summed E-state index contributed by atoms with van der Waals surface area (Å²) in [6.45, 7) is 5.49. The van der Waals surface area contributed by atoms with Crippen LogP contribution < -0.4 is 10.6 Å². The number of hydrogen-bond acceptors (Lipinski definition) is 3. The van der Waals surface area contributed by atoms with Crippen LogP contribution >= 0.6 is 11.6 Å². The lowest BCUT2D eigenvalue weighted by molar-refractivity contribution is -0.124. The minimum atomic E-state index is -0.638. The van der Waals surface area contributed by atoms with Gasteiger partial charge in [-0.25, -0.2) is 0 Å². The van der Waals surface area contributed by atoms with Crippen LogP contribution in [0.3, 0.4) is 0 Å². The third-order valence-electron chi connectivity index (χ3n) is 5.90. The molecule has 0 radical (unpaired) electrons. The summed E-state index contributed by atoms with van der Waals surface area (Å²) in [6, 6.07) is 13.6. The van der Waals surface area contributed by atoms with Crippen LogP contribution in [0, 0.1) is 12.8 Å². The van der Waals surface area contributed by atoms with Gasteiger partial charge >= 0.3 is 0 Å². The van der Waals surface area contributed by atoms with Gasteiger partial charge in [-0.2, -0.15) is 0 Å². The Balaban J connectivity index is 1.68. The number of rotatable bonds is 7. The molecule has 170 valence electrons. The molecule has 2 N–H and O–H groups in total. The molecule has 1 unspecified atom stereocenters. The van der Waals surface area contributed by atoms with Crippen molar-refractivity contribution in [3.8, 4) is 0 Å². The Labute approximate surface area is 194 Å². The van der Waals surface area contributed by atoms with Gasteiger partial charge in [0.1, 0.15) is 6.04 Å². The van der Waals surface area contributed by atoms with Crippen molar-refractivity contribution in [2.45, 2.75) is 39.2 Å². The molecule has 0 saturated carbocycles. The number of likely N-dealkylation sites (tertiary alicyclic amines) is 1. The smallest absolute Gasteiger partial charge is 0.253 e. The lowest BCUT2D eigenvalue weighted by Gasteiger charge is -2.36. The molecule has 1 saturated heterocycles. The van der Waals surface area contributed by atoms with Crippen LogP contribution in [0.1, 0.15) is 52.5 Å². The molecule has 0 spiro atoms. The summed E-state index contributed by atoms with van der Waals surface area (Å²) < 4.78 is 0. The van der Waals surface area contributed by atoms with Crippen LogP contribution in [-0.4, -0.2) is 48.3 Å². The second-order valence-corrected chi connectivity index (χ2v) is 8.63. The summed E-state index contributed by atoms with van der Waals surface area (Å²) in [5, 5.41) is 6.47. The second kappa shape index (κ2) is 11.1. The van der Waals surface area contributed by atoms with Crippen LogP contribution in [0.15, 0.2) is 48.5 Å². The van der Waals surface area contributed by atoms with Gasteiger partial charge in [-0.3, -0.25) is 14.4 Å². The van der Waals surface area contributed by atoms with Crippen LogP contribution in [0.2, 0.25) is 5.02 Å². The highest BCUT2D eigenvalue weighted by Gasteiger charge is 2.34. The van der Waals surface area contributed by atoms with E-state index in [0.29, 0.717) is 48.6 Å². The van der Waals surface area contributed by atoms with Gasteiger partial charge in [-0.05, 0) is 68.0 Å². The van der Waals surface area contributed by atoms with E-state index in [4.69, 9.17) is 11.6 Å². The number of nitrogens with one attached hydrogen (secondary N) is 2. The Morgan fingerprint density at radius 1 is 1.06 bits per heavy atom. The van der Waals surface area contributed by atoms with Gasteiger partial charge in [0.15, 0.2) is 0 Å². The minimum Gasteiger partial charge on any atom is -0.354 e. The van der Waals surface area contributed by atoms with E-state index in [2.05, 4.69) is 10.6 Å². The predicted molar refractivity (Wildman–Crippen MR) is 126 cm³/mol. The van der Waals surface area contributed by atoms with Crippen molar-refractivity contribution in [3.05, 3.63) is 70.2 Å². The van der Waals surface area contributed by atoms with E-state index in [9.17, 15) is 14.4 Å². The molecule has 32 heavy (non-hydrogen) atoms. The molecule has 0 aliphatic carbocycles. The average Bonchev–Trinajstić information content (AvgIpc) is 2.81. The van der Waals surface area contributed by atoms with Gasteiger partial charge < -0.3 is 15.5 Å². The van der Waals surface area contributed by atoms with Crippen molar-refractivity contribution in [1.29, 1.82) is 0 Å². The van der Waals surface area contributed by atoms with Crippen molar-refractivity contribution in [2.75, 3.05) is 19.6 Å². The maximum atomic E-state index is 12.9. The third-order valence-corrected chi connectivity index (χ3v) is 6.15. The van der Waals surface area contributed by atoms with Crippen molar-refractivity contribution in [2.24, 2.45) is 5.92 Å². The average molecular weight is 456 g/mol. The summed E-state index contributed by atoms with van der Waals surface area (Å²) in [7, 11) is 0. The number of carbonyl (C=O) groups excluding carboxylic acids is 3. The maximum Gasteiger partial charge on any atom is 0.253 e. The third kappa shape index (κ3) is 5.88. The molecular weight excluding hydrogens is 426 g/mol. The Morgan fingerprint density at radius 2 is 1.72 bits per heavy atom. The molecule has 2 aromatic carbocycles. The van der Waals surface area contributed by atoms with Crippen molar-refractivity contribution in [1.82, 2.24) is 15.5 Å². The van der Waals surface area contributed by atoms with E-state index in [1.54, 1.807) is 35.2 Å². The van der Waals surface area contributed by atoms with Gasteiger partial charge in [-0.1, -0.05) is 36.7 Å². The highest BCUT2D eigenvalue weighted by atomic mass is 35.5. The topological polar surface area (TPSA) is 78.5 Å². The SMILES string of the molecule is CCCNC(=O)C(NC(=O)c1ccccc1C)C1CCN(C(=O)c2ccc(Cl)cc2)CC1. The zero-order valence-corrected chi connectivity index (χ0v) is 19.3. The summed E-state index contributed by atoms with van der Waals surface area (Å²) in [4.78, 5) is 40.4. The predicted octanol–water partition coefficient (Wildman–Crippen LogP) is 3.83. The van der Waals surface area contributed by atoms with Gasteiger partial charge in [0, 0.05) is 35.8 Å². The molecule has 1 aliphatic heterocycles. The first-order chi connectivity index (χ1) is 15.4. The Morgan fingerprint density at radius 3 is 2.34 bits per heavy atom. The molecule has 1 heterocycles. The van der Waals surface area contributed by atoms with Crippen LogP contribution in [0.4, 0.5) is 0 Å². The zero-order valence-electron chi connectivity index (χ0n) is 18.6. The lowest BCUT2D eigenvalue weighted by atomic mass is 9.88. The number of nitrogens with zero attached hydrogens (tertiary/aromatic N) is 1. The normalized spacial score (nSPS) is 15.2. The zero-order chi connectivity index (χ0) is 23.1. The Kier molecular flexibility index (Phi) is 8.28. The number of carbonyl (C=O) groups is 3. The second-order valence-electron chi connectivity index (χ2n) is 8.19. The van der Waals surface area contributed by atoms with Crippen LogP contribution in [0.5, 0.6) is 0 Å². The van der Waals surface area contributed by atoms with E-state index >= 15 is 0 Å². The van der Waals surface area contributed by atoms with Gasteiger partial charge in [0.25, 0.3) is 11.8 Å². The van der Waals surface area contributed by atoms with Crippen LogP contribution in [-0.2, 0) is 4.79 Å². The molecule has 1 atom stereocenters. The number of piperidine rings is 1. The Bertz CT molecular complexity index is 953. The minimum absolute atomic E-state index is 0.0453. The van der Waals surface area contributed by atoms with Gasteiger partial charge in [0.05, 0.1) is 0 Å². The lowest BCUT2D eigenvalue weighted by Crippen LogP contribution is -2.54. The standard InChI is InChI=1S/C25H30ClN3O3/c1-3-14-27-24(31)22(28-23(30)21-7-5-4-6-17(21)2)18-12-15-29(16-13-18)25(32)19-8-10-20(26)11-9-19/h4-11,18,22H,3,12-16H2,1-2H3,(H,27,31)(H,28,30). The van der Waals surface area contributed by atoms with E-state index in [1.165, 1.54) is 0 Å². The first kappa shape index (κ1) is 23.8. The van der Waals surface area contributed by atoms with E-state index in [0.717, 1.165) is 12.0 Å². The summed E-state index contributed by atoms with van der Waals surface area (Å²) in [6.07, 6.45) is 2.09. The molecular formula is C25H30ClN3O3. The maximum absolute atomic E-state index is 12.9. The molecule has 0 aromatic heterocycles. The van der Waals surface area contributed by atoms with E-state index in [1.807, 2.05) is 32.0 Å². The molecule has 3 amide bonds. The number of hydrogen-bond donors (Lipinski definition) is 2. The number of aryl methyl sites for hydroxylation is 1. The number of halogens is 1. The fourth-order valence-corrected chi connectivity index (χ4v) is 4.14. The fourth-order valence-electron chi connectivity index (χ4n) is 4.01. The molecule has 2 aromatic rings. The van der Waals surface area contributed by atoms with E-state index < -0.39 is 6.04 Å². The highest BCUT2D eigenvalue weighted by Crippen LogP contribution is 2.23. The number of amides is 3. The molecule has 1 fully saturated rings.